The summed E-state index contributed by atoms with van der Waals surface area (Å²) in [6.45, 7) is 5.31. The molecule has 4 nitrogen and oxygen atoms in total. The van der Waals surface area contributed by atoms with Crippen LogP contribution in [0, 0.1) is 11.8 Å². The van der Waals surface area contributed by atoms with Crippen molar-refractivity contribution in [2.75, 3.05) is 26.7 Å². The van der Waals surface area contributed by atoms with Crippen LogP contribution in [0.3, 0.4) is 0 Å². The summed E-state index contributed by atoms with van der Waals surface area (Å²) in [6, 6.07) is 0. The number of hydrogen-bond donors (Lipinski definition) is 2. The van der Waals surface area contributed by atoms with E-state index in [1.165, 1.54) is 32.4 Å². The molecule has 1 aliphatic carbocycles. The van der Waals surface area contributed by atoms with Crippen molar-refractivity contribution in [1.82, 2.24) is 10.2 Å². The average molecular weight is 254 g/mol. The van der Waals surface area contributed by atoms with Gasteiger partial charge in [0, 0.05) is 13.1 Å². The Morgan fingerprint density at radius 2 is 2.00 bits per heavy atom. The molecule has 0 aromatic rings. The van der Waals surface area contributed by atoms with E-state index in [-0.39, 0.29) is 0 Å². The van der Waals surface area contributed by atoms with Gasteiger partial charge in [-0.25, -0.2) is 0 Å². The van der Waals surface area contributed by atoms with Crippen LogP contribution in [0.25, 0.3) is 0 Å². The maximum absolute atomic E-state index is 11.2. The number of hydrogen-bond acceptors (Lipinski definition) is 3. The Morgan fingerprint density at radius 3 is 2.50 bits per heavy atom. The maximum atomic E-state index is 11.2. The van der Waals surface area contributed by atoms with Crippen molar-refractivity contribution >= 4 is 5.97 Å². The molecule has 0 aromatic carbocycles. The fourth-order valence-electron chi connectivity index (χ4n) is 3.51. The molecule has 4 heteroatoms. The third-order valence-corrected chi connectivity index (χ3v) is 4.98. The first-order chi connectivity index (χ1) is 8.55. The van der Waals surface area contributed by atoms with Gasteiger partial charge in [-0.2, -0.15) is 0 Å². The lowest BCUT2D eigenvalue weighted by atomic mass is 9.96. The molecule has 0 radical (unpaired) electrons. The first kappa shape index (κ1) is 13.8. The van der Waals surface area contributed by atoms with E-state index in [0.29, 0.717) is 6.42 Å². The molecule has 0 amide bonds. The van der Waals surface area contributed by atoms with E-state index in [9.17, 15) is 9.90 Å². The molecule has 18 heavy (non-hydrogen) atoms. The zero-order valence-corrected chi connectivity index (χ0v) is 11.6. The molecular weight excluding hydrogens is 228 g/mol. The van der Waals surface area contributed by atoms with Crippen LogP contribution in [0.2, 0.25) is 0 Å². The van der Waals surface area contributed by atoms with Crippen LogP contribution < -0.4 is 5.32 Å². The van der Waals surface area contributed by atoms with Gasteiger partial charge in [0.2, 0.25) is 0 Å². The molecule has 1 saturated heterocycles. The van der Waals surface area contributed by atoms with E-state index in [1.54, 1.807) is 14.0 Å². The van der Waals surface area contributed by atoms with Gasteiger partial charge >= 0.3 is 5.97 Å². The summed E-state index contributed by atoms with van der Waals surface area (Å²) in [5.41, 5.74) is -0.768. The van der Waals surface area contributed by atoms with Crippen molar-refractivity contribution in [3.05, 3.63) is 0 Å². The van der Waals surface area contributed by atoms with Gasteiger partial charge in [0.05, 0.1) is 0 Å². The molecule has 3 unspecified atom stereocenters. The summed E-state index contributed by atoms with van der Waals surface area (Å²) < 4.78 is 0. The minimum absolute atomic E-state index is 0.699. The van der Waals surface area contributed by atoms with Crippen molar-refractivity contribution in [2.24, 2.45) is 11.8 Å². The molecule has 1 saturated carbocycles. The lowest BCUT2D eigenvalue weighted by molar-refractivity contribution is -0.144. The lowest BCUT2D eigenvalue weighted by Crippen LogP contribution is -2.47. The number of rotatable bonds is 6. The fraction of sp³-hybridized carbons (Fsp3) is 0.929. The number of likely N-dealkylation sites (tertiary alicyclic amines) is 1. The predicted octanol–water partition coefficient (Wildman–Crippen LogP) is 1.56. The topological polar surface area (TPSA) is 52.6 Å². The minimum atomic E-state index is -0.768. The van der Waals surface area contributed by atoms with Crippen molar-refractivity contribution in [3.8, 4) is 0 Å². The van der Waals surface area contributed by atoms with Crippen molar-refractivity contribution in [3.63, 3.8) is 0 Å². The van der Waals surface area contributed by atoms with Gasteiger partial charge in [-0.3, -0.25) is 4.79 Å². The number of carboxylic acids is 1. The van der Waals surface area contributed by atoms with E-state index in [4.69, 9.17) is 0 Å². The van der Waals surface area contributed by atoms with Gasteiger partial charge in [-0.15, -0.1) is 0 Å². The number of nitrogens with zero attached hydrogens (tertiary/aromatic N) is 1. The summed E-state index contributed by atoms with van der Waals surface area (Å²) in [6.07, 6.45) is 5.89. The van der Waals surface area contributed by atoms with Crippen LogP contribution in [0.15, 0.2) is 0 Å². The fourth-order valence-corrected chi connectivity index (χ4v) is 3.51. The van der Waals surface area contributed by atoms with Crippen LogP contribution >= 0.6 is 0 Å². The zero-order valence-electron chi connectivity index (χ0n) is 11.6. The highest BCUT2D eigenvalue weighted by atomic mass is 16.4. The highest BCUT2D eigenvalue weighted by Gasteiger charge is 2.36. The third-order valence-electron chi connectivity index (χ3n) is 4.98. The highest BCUT2D eigenvalue weighted by molar-refractivity contribution is 5.78. The number of likely N-dealkylation sites (N-methyl/N-ethyl adjacent to an activating group) is 1. The van der Waals surface area contributed by atoms with Gasteiger partial charge in [0.25, 0.3) is 0 Å². The average Bonchev–Trinajstić information content (AvgIpc) is 2.89. The summed E-state index contributed by atoms with van der Waals surface area (Å²) in [4.78, 5) is 13.7. The Balaban J connectivity index is 1.71. The molecule has 2 rings (SSSR count). The van der Waals surface area contributed by atoms with Gasteiger partial charge in [0.15, 0.2) is 0 Å². The standard InChI is InChI=1S/C14H26N2O2/c1-14(15-2,13(17)18)7-4-8-16-9-11-5-3-6-12(11)10-16/h11-12,15H,3-10H2,1-2H3,(H,17,18). The molecule has 2 fully saturated rings. The molecule has 2 N–H and O–H groups in total. The van der Waals surface area contributed by atoms with E-state index >= 15 is 0 Å². The van der Waals surface area contributed by atoms with E-state index in [0.717, 1.165) is 24.8 Å². The Hall–Kier alpha value is -0.610. The smallest absolute Gasteiger partial charge is 0.323 e. The first-order valence-electron chi connectivity index (χ1n) is 7.20. The maximum Gasteiger partial charge on any atom is 0.323 e. The van der Waals surface area contributed by atoms with Crippen LogP contribution in [0.5, 0.6) is 0 Å². The second-order valence-electron chi connectivity index (χ2n) is 6.20. The van der Waals surface area contributed by atoms with Crippen molar-refractivity contribution in [2.45, 2.75) is 44.6 Å². The summed E-state index contributed by atoms with van der Waals surface area (Å²) in [7, 11) is 1.73. The molecule has 104 valence electrons. The molecule has 0 spiro atoms. The number of fused-ring (bicyclic) bond motifs is 1. The molecule has 1 heterocycles. The number of carboxylic acid groups (broad SMARTS) is 1. The molecular formula is C14H26N2O2. The van der Waals surface area contributed by atoms with Gasteiger partial charge in [0.1, 0.15) is 5.54 Å². The van der Waals surface area contributed by atoms with E-state index in [2.05, 4.69) is 10.2 Å². The van der Waals surface area contributed by atoms with Gasteiger partial charge < -0.3 is 15.3 Å². The number of carbonyl (C=O) groups is 1. The second kappa shape index (κ2) is 5.57. The number of aliphatic carboxylic acids is 1. The second-order valence-corrected chi connectivity index (χ2v) is 6.20. The van der Waals surface area contributed by atoms with Crippen molar-refractivity contribution in [1.29, 1.82) is 0 Å². The van der Waals surface area contributed by atoms with Crippen LogP contribution in [-0.4, -0.2) is 48.2 Å². The Bertz CT molecular complexity index is 296. The minimum Gasteiger partial charge on any atom is -0.480 e. The molecule has 1 aliphatic heterocycles. The predicted molar refractivity (Wildman–Crippen MR) is 71.6 cm³/mol. The molecule has 0 bridgehead atoms. The molecule has 2 aliphatic rings. The monoisotopic (exact) mass is 254 g/mol. The highest BCUT2D eigenvalue weighted by Crippen LogP contribution is 2.37. The van der Waals surface area contributed by atoms with Gasteiger partial charge in [-0.05, 0) is 58.0 Å². The number of nitrogens with one attached hydrogen (secondary N) is 1. The Kier molecular flexibility index (Phi) is 4.28. The van der Waals surface area contributed by atoms with Crippen LogP contribution in [-0.2, 0) is 4.79 Å². The lowest BCUT2D eigenvalue weighted by Gasteiger charge is -2.25. The van der Waals surface area contributed by atoms with Crippen LogP contribution in [0.1, 0.15) is 39.0 Å². The van der Waals surface area contributed by atoms with Gasteiger partial charge in [-0.1, -0.05) is 6.42 Å². The molecule has 3 atom stereocenters. The van der Waals surface area contributed by atoms with E-state index in [1.807, 2.05) is 0 Å². The van der Waals surface area contributed by atoms with E-state index < -0.39 is 11.5 Å². The summed E-state index contributed by atoms with van der Waals surface area (Å²) >= 11 is 0. The first-order valence-corrected chi connectivity index (χ1v) is 7.20. The normalized spacial score (nSPS) is 31.2. The third kappa shape index (κ3) is 2.86. The zero-order chi connectivity index (χ0) is 13.2. The largest absolute Gasteiger partial charge is 0.480 e. The quantitative estimate of drug-likeness (QED) is 0.755. The summed E-state index contributed by atoms with van der Waals surface area (Å²) in [5.74, 6) is 1.11. The van der Waals surface area contributed by atoms with Crippen LogP contribution in [0.4, 0.5) is 0 Å². The summed E-state index contributed by atoms with van der Waals surface area (Å²) in [5, 5.41) is 12.1. The van der Waals surface area contributed by atoms with Crippen molar-refractivity contribution < 1.29 is 9.90 Å². The molecule has 0 aromatic heterocycles. The Labute approximate surface area is 110 Å². The SMILES string of the molecule is CNC(C)(CCCN1CC2CCCC2C1)C(=O)O. The Morgan fingerprint density at radius 1 is 1.39 bits per heavy atom.